The maximum absolute atomic E-state index is 9.93. The first kappa shape index (κ1) is 11.5. The van der Waals surface area contributed by atoms with E-state index in [1.807, 2.05) is 12.1 Å². The molecule has 0 saturated carbocycles. The topological polar surface area (TPSA) is 32.3 Å². The summed E-state index contributed by atoms with van der Waals surface area (Å²) in [5.74, 6) is 1.20. The average molecular weight is 219 g/mol. The Morgan fingerprint density at radius 3 is 2.62 bits per heavy atom. The van der Waals surface area contributed by atoms with Gasteiger partial charge in [0.15, 0.2) is 0 Å². The highest BCUT2D eigenvalue weighted by molar-refractivity contribution is 5.43. The van der Waals surface area contributed by atoms with E-state index in [-0.39, 0.29) is 0 Å². The minimum atomic E-state index is 0.474. The van der Waals surface area contributed by atoms with Gasteiger partial charge in [0.25, 0.3) is 0 Å². The SMILES string of the molecule is Cc1ccc(O)c(CC2CCNCC2)c1C. The molecule has 1 heterocycles. The van der Waals surface area contributed by atoms with Crippen molar-refractivity contribution in [2.45, 2.75) is 33.1 Å². The number of aromatic hydroxyl groups is 1. The summed E-state index contributed by atoms with van der Waals surface area (Å²) < 4.78 is 0. The number of aryl methyl sites for hydroxylation is 1. The largest absolute Gasteiger partial charge is 0.508 e. The summed E-state index contributed by atoms with van der Waals surface area (Å²) in [4.78, 5) is 0. The van der Waals surface area contributed by atoms with Crippen molar-refractivity contribution in [2.24, 2.45) is 5.92 Å². The lowest BCUT2D eigenvalue weighted by Gasteiger charge is -2.24. The Balaban J connectivity index is 2.16. The van der Waals surface area contributed by atoms with Crippen molar-refractivity contribution in [1.82, 2.24) is 5.32 Å². The van der Waals surface area contributed by atoms with Gasteiger partial charge in [0.05, 0.1) is 0 Å². The van der Waals surface area contributed by atoms with Crippen molar-refractivity contribution >= 4 is 0 Å². The summed E-state index contributed by atoms with van der Waals surface area (Å²) in [5, 5.41) is 13.3. The summed E-state index contributed by atoms with van der Waals surface area (Å²) in [6.07, 6.45) is 3.49. The molecule has 0 spiro atoms. The summed E-state index contributed by atoms with van der Waals surface area (Å²) in [6, 6.07) is 3.83. The van der Waals surface area contributed by atoms with Crippen LogP contribution in [-0.2, 0) is 6.42 Å². The lowest BCUT2D eigenvalue weighted by molar-refractivity contribution is 0.365. The fraction of sp³-hybridized carbons (Fsp3) is 0.571. The van der Waals surface area contributed by atoms with Gasteiger partial charge in [-0.15, -0.1) is 0 Å². The predicted molar refractivity (Wildman–Crippen MR) is 66.9 cm³/mol. The third-order valence-corrected chi connectivity index (χ3v) is 3.80. The average Bonchev–Trinajstić information content (AvgIpc) is 2.31. The lowest BCUT2D eigenvalue weighted by atomic mass is 9.88. The zero-order valence-electron chi connectivity index (χ0n) is 10.2. The van der Waals surface area contributed by atoms with Gasteiger partial charge in [0, 0.05) is 0 Å². The maximum atomic E-state index is 9.93. The molecule has 1 aliphatic rings. The van der Waals surface area contributed by atoms with Gasteiger partial charge in [-0.1, -0.05) is 6.07 Å². The van der Waals surface area contributed by atoms with Crippen molar-refractivity contribution in [3.05, 3.63) is 28.8 Å². The van der Waals surface area contributed by atoms with Crippen LogP contribution in [0.2, 0.25) is 0 Å². The first-order valence-corrected chi connectivity index (χ1v) is 6.17. The summed E-state index contributed by atoms with van der Waals surface area (Å²) in [7, 11) is 0. The Morgan fingerprint density at radius 2 is 1.94 bits per heavy atom. The number of hydrogen-bond acceptors (Lipinski definition) is 2. The number of rotatable bonds is 2. The molecule has 0 aliphatic carbocycles. The molecule has 16 heavy (non-hydrogen) atoms. The smallest absolute Gasteiger partial charge is 0.119 e. The molecule has 1 aromatic carbocycles. The molecule has 0 amide bonds. The van der Waals surface area contributed by atoms with Crippen LogP contribution in [0.4, 0.5) is 0 Å². The zero-order valence-corrected chi connectivity index (χ0v) is 10.2. The van der Waals surface area contributed by atoms with Crippen LogP contribution in [0.5, 0.6) is 5.75 Å². The van der Waals surface area contributed by atoms with E-state index in [2.05, 4.69) is 19.2 Å². The van der Waals surface area contributed by atoms with E-state index in [1.165, 1.54) is 24.0 Å². The summed E-state index contributed by atoms with van der Waals surface area (Å²) >= 11 is 0. The first-order valence-electron chi connectivity index (χ1n) is 6.17. The van der Waals surface area contributed by atoms with Crippen LogP contribution < -0.4 is 5.32 Å². The van der Waals surface area contributed by atoms with Gasteiger partial charge >= 0.3 is 0 Å². The number of benzene rings is 1. The highest BCUT2D eigenvalue weighted by Crippen LogP contribution is 2.28. The quantitative estimate of drug-likeness (QED) is 0.801. The van der Waals surface area contributed by atoms with Crippen LogP contribution in [0, 0.1) is 19.8 Å². The van der Waals surface area contributed by atoms with Crippen LogP contribution in [0.1, 0.15) is 29.5 Å². The minimum Gasteiger partial charge on any atom is -0.508 e. The first-order chi connectivity index (χ1) is 7.68. The Kier molecular flexibility index (Phi) is 3.49. The molecule has 0 atom stereocenters. The Labute approximate surface area is 97.7 Å². The van der Waals surface area contributed by atoms with E-state index in [0.29, 0.717) is 5.75 Å². The third-order valence-electron chi connectivity index (χ3n) is 3.80. The van der Waals surface area contributed by atoms with E-state index < -0.39 is 0 Å². The lowest BCUT2D eigenvalue weighted by Crippen LogP contribution is -2.28. The number of piperidine rings is 1. The summed E-state index contributed by atoms with van der Waals surface area (Å²) in [6.45, 7) is 6.47. The van der Waals surface area contributed by atoms with Gasteiger partial charge < -0.3 is 10.4 Å². The van der Waals surface area contributed by atoms with Gasteiger partial charge in [-0.25, -0.2) is 0 Å². The fourth-order valence-electron chi connectivity index (χ4n) is 2.49. The van der Waals surface area contributed by atoms with Crippen LogP contribution in [-0.4, -0.2) is 18.2 Å². The molecule has 1 saturated heterocycles. The monoisotopic (exact) mass is 219 g/mol. The standard InChI is InChI=1S/C14H21NO/c1-10-3-4-14(16)13(11(10)2)9-12-5-7-15-8-6-12/h3-4,12,15-16H,5-9H2,1-2H3. The minimum absolute atomic E-state index is 0.474. The molecular weight excluding hydrogens is 198 g/mol. The molecule has 2 nitrogen and oxygen atoms in total. The normalized spacial score (nSPS) is 17.6. The molecule has 1 fully saturated rings. The molecule has 88 valence electrons. The van der Waals surface area contributed by atoms with Crippen molar-refractivity contribution in [3.8, 4) is 5.75 Å². The zero-order chi connectivity index (χ0) is 11.5. The Bertz CT molecular complexity index is 367. The Hall–Kier alpha value is -1.02. The van der Waals surface area contributed by atoms with Crippen LogP contribution in [0.25, 0.3) is 0 Å². The van der Waals surface area contributed by atoms with E-state index in [0.717, 1.165) is 31.0 Å². The molecule has 0 unspecified atom stereocenters. The van der Waals surface area contributed by atoms with E-state index >= 15 is 0 Å². The molecule has 2 heteroatoms. The van der Waals surface area contributed by atoms with Gasteiger partial charge in [-0.05, 0) is 74.9 Å². The molecule has 0 radical (unpaired) electrons. The van der Waals surface area contributed by atoms with Crippen LogP contribution in [0.3, 0.4) is 0 Å². The number of phenols is 1. The second-order valence-electron chi connectivity index (χ2n) is 4.90. The van der Waals surface area contributed by atoms with Crippen molar-refractivity contribution < 1.29 is 5.11 Å². The second kappa shape index (κ2) is 4.88. The molecular formula is C14H21NO. The second-order valence-corrected chi connectivity index (χ2v) is 4.90. The summed E-state index contributed by atoms with van der Waals surface area (Å²) in [5.41, 5.74) is 3.70. The number of phenolic OH excluding ortho intramolecular Hbond substituents is 1. The van der Waals surface area contributed by atoms with Gasteiger partial charge in [0.1, 0.15) is 5.75 Å². The van der Waals surface area contributed by atoms with Crippen molar-refractivity contribution in [3.63, 3.8) is 0 Å². The number of nitrogens with one attached hydrogen (secondary N) is 1. The van der Waals surface area contributed by atoms with E-state index in [4.69, 9.17) is 0 Å². The maximum Gasteiger partial charge on any atom is 0.119 e. The third kappa shape index (κ3) is 2.38. The Morgan fingerprint density at radius 1 is 1.25 bits per heavy atom. The van der Waals surface area contributed by atoms with Crippen LogP contribution >= 0.6 is 0 Å². The highest BCUT2D eigenvalue weighted by atomic mass is 16.3. The van der Waals surface area contributed by atoms with Gasteiger partial charge in [-0.3, -0.25) is 0 Å². The molecule has 2 rings (SSSR count). The molecule has 1 aromatic rings. The highest BCUT2D eigenvalue weighted by Gasteiger charge is 2.17. The molecule has 0 bridgehead atoms. The molecule has 1 aliphatic heterocycles. The molecule has 2 N–H and O–H groups in total. The predicted octanol–water partition coefficient (Wildman–Crippen LogP) is 2.55. The fourth-order valence-corrected chi connectivity index (χ4v) is 2.49. The van der Waals surface area contributed by atoms with Gasteiger partial charge in [0.2, 0.25) is 0 Å². The van der Waals surface area contributed by atoms with Crippen LogP contribution in [0.15, 0.2) is 12.1 Å². The van der Waals surface area contributed by atoms with Crippen molar-refractivity contribution in [1.29, 1.82) is 0 Å². The van der Waals surface area contributed by atoms with E-state index in [9.17, 15) is 5.11 Å². The van der Waals surface area contributed by atoms with E-state index in [1.54, 1.807) is 0 Å². The van der Waals surface area contributed by atoms with Crippen molar-refractivity contribution in [2.75, 3.05) is 13.1 Å². The molecule has 0 aromatic heterocycles. The number of hydrogen-bond donors (Lipinski definition) is 2. The van der Waals surface area contributed by atoms with Gasteiger partial charge in [-0.2, -0.15) is 0 Å².